The first-order valence-corrected chi connectivity index (χ1v) is 11.7. The van der Waals surface area contributed by atoms with E-state index >= 15 is 0 Å². The van der Waals surface area contributed by atoms with Crippen LogP contribution in [0.4, 0.5) is 5.69 Å². The average molecular weight is 420 g/mol. The van der Waals surface area contributed by atoms with E-state index in [2.05, 4.69) is 10.3 Å². The maximum atomic E-state index is 12.6. The van der Waals surface area contributed by atoms with Gasteiger partial charge in [-0.3, -0.25) is 4.79 Å². The molecule has 5 rings (SSSR count). The molecular weight excluding hydrogens is 400 g/mol. The molecule has 1 saturated heterocycles. The predicted octanol–water partition coefficient (Wildman–Crippen LogP) is 4.41. The van der Waals surface area contributed by atoms with Gasteiger partial charge in [-0.1, -0.05) is 42.5 Å². The van der Waals surface area contributed by atoms with E-state index in [1.165, 1.54) is 0 Å². The molecule has 0 aliphatic carbocycles. The second-order valence-electron chi connectivity index (χ2n) is 7.72. The number of aromatic nitrogens is 1. The quantitative estimate of drug-likeness (QED) is 0.528. The van der Waals surface area contributed by atoms with Crippen LogP contribution in [0.2, 0.25) is 0 Å². The van der Waals surface area contributed by atoms with Crippen molar-refractivity contribution in [2.45, 2.75) is 12.8 Å². The Hall–Kier alpha value is -3.19. The Morgan fingerprint density at radius 2 is 1.87 bits per heavy atom. The van der Waals surface area contributed by atoms with Crippen LogP contribution in [0.15, 0.2) is 65.1 Å². The van der Waals surface area contributed by atoms with Crippen LogP contribution < -0.4 is 5.32 Å². The van der Waals surface area contributed by atoms with Crippen LogP contribution in [-0.4, -0.2) is 30.8 Å². The Morgan fingerprint density at radius 3 is 2.70 bits per heavy atom. The summed E-state index contributed by atoms with van der Waals surface area (Å²) in [7, 11) is -3.00. The molecule has 1 aromatic heterocycles. The minimum atomic E-state index is -3.00. The van der Waals surface area contributed by atoms with Crippen molar-refractivity contribution in [3.05, 3.63) is 60.7 Å². The molecule has 0 saturated carbocycles. The Kier molecular flexibility index (Phi) is 4.55. The largest absolute Gasteiger partial charge is 0.435 e. The molecular formula is C23H20N2O4S. The lowest BCUT2D eigenvalue weighted by molar-refractivity contribution is -0.116. The van der Waals surface area contributed by atoms with Gasteiger partial charge in [0.15, 0.2) is 15.4 Å². The molecule has 0 spiro atoms. The first-order valence-electron chi connectivity index (χ1n) is 9.86. The summed E-state index contributed by atoms with van der Waals surface area (Å²) >= 11 is 0. The number of rotatable bonds is 4. The number of nitrogens with one attached hydrogen (secondary N) is 1. The molecule has 1 fully saturated rings. The highest BCUT2D eigenvalue weighted by Gasteiger charge is 2.29. The van der Waals surface area contributed by atoms with E-state index in [0.29, 0.717) is 29.1 Å². The molecule has 152 valence electrons. The van der Waals surface area contributed by atoms with Crippen molar-refractivity contribution in [3.8, 4) is 11.5 Å². The van der Waals surface area contributed by atoms with E-state index in [-0.39, 0.29) is 29.8 Å². The van der Waals surface area contributed by atoms with Gasteiger partial charge in [-0.2, -0.15) is 0 Å². The molecule has 1 aliphatic rings. The molecule has 1 N–H and O–H groups in total. The maximum absolute atomic E-state index is 12.6. The molecule has 2 heterocycles. The molecule has 7 heteroatoms. The van der Waals surface area contributed by atoms with Gasteiger partial charge in [0.2, 0.25) is 11.8 Å². The number of benzene rings is 3. The highest BCUT2D eigenvalue weighted by atomic mass is 32.2. The number of para-hydroxylation sites is 1. The zero-order valence-electron chi connectivity index (χ0n) is 16.2. The summed E-state index contributed by atoms with van der Waals surface area (Å²) in [5.41, 5.74) is 2.74. The van der Waals surface area contributed by atoms with Crippen LogP contribution in [0.1, 0.15) is 12.8 Å². The van der Waals surface area contributed by atoms with E-state index in [9.17, 15) is 13.2 Å². The van der Waals surface area contributed by atoms with Crippen molar-refractivity contribution in [2.75, 3.05) is 16.8 Å². The van der Waals surface area contributed by atoms with Crippen molar-refractivity contribution in [1.29, 1.82) is 0 Å². The van der Waals surface area contributed by atoms with Crippen molar-refractivity contribution in [2.24, 2.45) is 5.92 Å². The Balaban J connectivity index is 1.45. The van der Waals surface area contributed by atoms with Crippen molar-refractivity contribution >= 4 is 43.3 Å². The summed E-state index contributed by atoms with van der Waals surface area (Å²) in [5, 5.41) is 4.97. The van der Waals surface area contributed by atoms with Crippen molar-refractivity contribution in [3.63, 3.8) is 0 Å². The molecule has 3 aromatic carbocycles. The zero-order valence-corrected chi connectivity index (χ0v) is 17.0. The first kappa shape index (κ1) is 18.8. The Labute approximate surface area is 173 Å². The zero-order chi connectivity index (χ0) is 20.7. The summed E-state index contributed by atoms with van der Waals surface area (Å²) in [6, 6.07) is 19.2. The second kappa shape index (κ2) is 7.25. The monoisotopic (exact) mass is 420 g/mol. The number of anilines is 1. The summed E-state index contributed by atoms with van der Waals surface area (Å²) in [6.45, 7) is 0. The van der Waals surface area contributed by atoms with Gasteiger partial charge in [-0.25, -0.2) is 13.4 Å². The normalized spacial score (nSPS) is 18.1. The topological polar surface area (TPSA) is 89.3 Å². The summed E-state index contributed by atoms with van der Waals surface area (Å²) in [6.07, 6.45) is 0.724. The first-order chi connectivity index (χ1) is 14.5. The van der Waals surface area contributed by atoms with Crippen LogP contribution in [0.25, 0.3) is 33.3 Å². The molecule has 0 bridgehead atoms. The number of hydrogen-bond acceptors (Lipinski definition) is 5. The van der Waals surface area contributed by atoms with Gasteiger partial charge in [-0.05, 0) is 35.9 Å². The second-order valence-corrected chi connectivity index (χ2v) is 9.95. The van der Waals surface area contributed by atoms with E-state index in [1.807, 2.05) is 54.6 Å². The molecule has 1 unspecified atom stereocenters. The maximum Gasteiger partial charge on any atom is 0.229 e. The number of hydrogen-bond donors (Lipinski definition) is 1. The standard InChI is InChI=1S/C23H20N2O4S/c26-21(13-15-11-12-30(27,28)14-15)24-19-8-4-3-7-18(19)23-25-20-10-9-16-5-1-2-6-17(16)22(20)29-23/h1-10,15H,11-14H2,(H,24,26). The number of carbonyl (C=O) groups excluding carboxylic acids is 1. The Morgan fingerprint density at radius 1 is 1.07 bits per heavy atom. The summed E-state index contributed by atoms with van der Waals surface area (Å²) < 4.78 is 29.4. The van der Waals surface area contributed by atoms with Crippen molar-refractivity contribution < 1.29 is 17.6 Å². The van der Waals surface area contributed by atoms with Gasteiger partial charge < -0.3 is 9.73 Å². The fraction of sp³-hybridized carbons (Fsp3) is 0.217. The van der Waals surface area contributed by atoms with Crippen LogP contribution in [0.5, 0.6) is 0 Å². The molecule has 0 radical (unpaired) electrons. The van der Waals surface area contributed by atoms with Crippen LogP contribution in [-0.2, 0) is 14.6 Å². The number of oxazole rings is 1. The number of nitrogens with zero attached hydrogens (tertiary/aromatic N) is 1. The van der Waals surface area contributed by atoms with E-state index in [4.69, 9.17) is 4.42 Å². The van der Waals surface area contributed by atoms with Crippen LogP contribution in [0.3, 0.4) is 0 Å². The van der Waals surface area contributed by atoms with Crippen molar-refractivity contribution in [1.82, 2.24) is 4.98 Å². The summed E-state index contributed by atoms with van der Waals surface area (Å²) in [4.78, 5) is 17.2. The third-order valence-electron chi connectivity index (χ3n) is 5.51. The predicted molar refractivity (Wildman–Crippen MR) is 117 cm³/mol. The van der Waals surface area contributed by atoms with Gasteiger partial charge >= 0.3 is 0 Å². The van der Waals surface area contributed by atoms with Crippen LogP contribution >= 0.6 is 0 Å². The number of carbonyl (C=O) groups is 1. The fourth-order valence-electron chi connectivity index (χ4n) is 4.05. The van der Waals surface area contributed by atoms with E-state index in [0.717, 1.165) is 16.3 Å². The third-order valence-corrected chi connectivity index (χ3v) is 7.35. The summed E-state index contributed by atoms with van der Waals surface area (Å²) in [5.74, 6) is 0.350. The lowest BCUT2D eigenvalue weighted by Crippen LogP contribution is -2.17. The van der Waals surface area contributed by atoms with E-state index < -0.39 is 9.84 Å². The minimum absolute atomic E-state index is 0.0836. The lowest BCUT2D eigenvalue weighted by Gasteiger charge is -2.11. The lowest BCUT2D eigenvalue weighted by atomic mass is 10.0. The fourth-order valence-corrected chi connectivity index (χ4v) is 5.91. The van der Waals surface area contributed by atoms with Gasteiger partial charge in [0.1, 0.15) is 5.52 Å². The molecule has 6 nitrogen and oxygen atoms in total. The van der Waals surface area contributed by atoms with E-state index in [1.54, 1.807) is 6.07 Å². The van der Waals surface area contributed by atoms with Gasteiger partial charge in [-0.15, -0.1) is 0 Å². The highest BCUT2D eigenvalue weighted by molar-refractivity contribution is 7.91. The van der Waals surface area contributed by atoms with Gasteiger partial charge in [0, 0.05) is 11.8 Å². The minimum Gasteiger partial charge on any atom is -0.435 e. The van der Waals surface area contributed by atoms with Crippen LogP contribution in [0, 0.1) is 5.92 Å². The van der Waals surface area contributed by atoms with Gasteiger partial charge in [0.25, 0.3) is 0 Å². The molecule has 1 atom stereocenters. The molecule has 1 amide bonds. The molecule has 30 heavy (non-hydrogen) atoms. The highest BCUT2D eigenvalue weighted by Crippen LogP contribution is 2.33. The SMILES string of the molecule is O=C(CC1CCS(=O)(=O)C1)Nc1ccccc1-c1nc2ccc3ccccc3c2o1. The molecule has 4 aromatic rings. The number of fused-ring (bicyclic) bond motifs is 3. The average Bonchev–Trinajstić information content (AvgIpc) is 3.31. The Bertz CT molecular complexity index is 1370. The van der Waals surface area contributed by atoms with Gasteiger partial charge in [0.05, 0.1) is 22.8 Å². The number of amides is 1. The third kappa shape index (κ3) is 3.57. The molecule has 1 aliphatic heterocycles. The smallest absolute Gasteiger partial charge is 0.229 e. The number of sulfone groups is 1.